The van der Waals surface area contributed by atoms with E-state index >= 15 is 0 Å². The highest BCUT2D eigenvalue weighted by Crippen LogP contribution is 2.25. The fraction of sp³-hybridized carbons (Fsp3) is 0.900. The molecule has 1 saturated carbocycles. The van der Waals surface area contributed by atoms with E-state index in [0.717, 1.165) is 18.8 Å². The van der Waals surface area contributed by atoms with E-state index in [-0.39, 0.29) is 18.7 Å². The quantitative estimate of drug-likeness (QED) is 0.630. The Morgan fingerprint density at radius 1 is 1.31 bits per heavy atom. The molecule has 0 aromatic carbocycles. The van der Waals surface area contributed by atoms with Crippen molar-refractivity contribution in [3.8, 4) is 0 Å². The van der Waals surface area contributed by atoms with E-state index in [1.807, 2.05) is 0 Å². The van der Waals surface area contributed by atoms with Crippen LogP contribution in [-0.4, -0.2) is 25.8 Å². The van der Waals surface area contributed by atoms with Crippen molar-refractivity contribution in [2.75, 3.05) is 13.7 Å². The third-order valence-electron chi connectivity index (χ3n) is 2.63. The predicted octanol–water partition coefficient (Wildman–Crippen LogP) is 1.75. The Balaban J connectivity index is 2.12. The van der Waals surface area contributed by atoms with Gasteiger partial charge in [-0.1, -0.05) is 6.92 Å². The van der Waals surface area contributed by atoms with Gasteiger partial charge in [0.15, 0.2) is 0 Å². The maximum atomic E-state index is 10.8. The Hall–Kier alpha value is -0.570. The monoisotopic (exact) mass is 186 g/mol. The molecule has 76 valence electrons. The molecule has 0 aliphatic heterocycles. The summed E-state index contributed by atoms with van der Waals surface area (Å²) in [6, 6.07) is 0. The number of hydrogen-bond acceptors (Lipinski definition) is 3. The molecule has 3 nitrogen and oxygen atoms in total. The van der Waals surface area contributed by atoms with Gasteiger partial charge in [-0.15, -0.1) is 0 Å². The second-order valence-electron chi connectivity index (χ2n) is 3.77. The number of carbonyl (C=O) groups excluding carboxylic acids is 1. The number of carbonyl (C=O) groups is 1. The van der Waals surface area contributed by atoms with Gasteiger partial charge < -0.3 is 9.47 Å². The Morgan fingerprint density at radius 3 is 2.46 bits per heavy atom. The summed E-state index contributed by atoms with van der Waals surface area (Å²) in [7, 11) is 1.38. The maximum absolute atomic E-state index is 10.8. The lowest BCUT2D eigenvalue weighted by Gasteiger charge is -2.25. The number of ether oxygens (including phenoxy) is 2. The lowest BCUT2D eigenvalue weighted by atomic mass is 9.89. The van der Waals surface area contributed by atoms with Gasteiger partial charge in [-0.25, -0.2) is 4.79 Å². The van der Waals surface area contributed by atoms with Gasteiger partial charge in [0.25, 0.3) is 0 Å². The first kappa shape index (κ1) is 10.5. The minimum Gasteiger partial charge on any atom is -0.467 e. The summed E-state index contributed by atoms with van der Waals surface area (Å²) in [6.45, 7) is 2.37. The summed E-state index contributed by atoms with van der Waals surface area (Å²) in [4.78, 5) is 10.8. The van der Waals surface area contributed by atoms with E-state index < -0.39 is 0 Å². The van der Waals surface area contributed by atoms with Crippen molar-refractivity contribution in [2.24, 2.45) is 5.92 Å². The van der Waals surface area contributed by atoms with E-state index in [1.54, 1.807) is 0 Å². The normalized spacial score (nSPS) is 28.5. The van der Waals surface area contributed by atoms with Gasteiger partial charge in [0, 0.05) is 0 Å². The molecule has 13 heavy (non-hydrogen) atoms. The molecule has 0 bridgehead atoms. The summed E-state index contributed by atoms with van der Waals surface area (Å²) in [5, 5.41) is 0. The lowest BCUT2D eigenvalue weighted by molar-refractivity contribution is -0.148. The van der Waals surface area contributed by atoms with Crippen molar-refractivity contribution in [3.05, 3.63) is 0 Å². The molecule has 0 spiro atoms. The fourth-order valence-electron chi connectivity index (χ4n) is 1.64. The zero-order valence-electron chi connectivity index (χ0n) is 8.41. The van der Waals surface area contributed by atoms with Gasteiger partial charge in [-0.05, 0) is 31.6 Å². The molecular weight excluding hydrogens is 168 g/mol. The number of esters is 1. The summed E-state index contributed by atoms with van der Waals surface area (Å²) in [5.41, 5.74) is 0. The van der Waals surface area contributed by atoms with E-state index in [4.69, 9.17) is 4.74 Å². The maximum Gasteiger partial charge on any atom is 0.331 e. The molecule has 1 aliphatic carbocycles. The molecular formula is C10H18O3. The second kappa shape index (κ2) is 5.22. The molecule has 1 rings (SSSR count). The molecule has 0 aromatic heterocycles. The van der Waals surface area contributed by atoms with Gasteiger partial charge in [0.2, 0.25) is 0 Å². The molecule has 0 radical (unpaired) electrons. The lowest BCUT2D eigenvalue weighted by Crippen LogP contribution is -2.23. The van der Waals surface area contributed by atoms with Crippen LogP contribution in [0.25, 0.3) is 0 Å². The van der Waals surface area contributed by atoms with E-state index in [2.05, 4.69) is 11.7 Å². The summed E-state index contributed by atoms with van der Waals surface area (Å²) in [6.07, 6.45) is 4.86. The van der Waals surface area contributed by atoms with Gasteiger partial charge in [0.05, 0.1) is 13.2 Å². The van der Waals surface area contributed by atoms with Gasteiger partial charge in [-0.3, -0.25) is 0 Å². The highest BCUT2D eigenvalue weighted by molar-refractivity contribution is 5.70. The molecule has 0 aromatic rings. The molecule has 1 aliphatic rings. The van der Waals surface area contributed by atoms with Crippen molar-refractivity contribution in [1.82, 2.24) is 0 Å². The molecule has 0 unspecified atom stereocenters. The molecule has 3 heteroatoms. The molecule has 0 saturated heterocycles. The van der Waals surface area contributed by atoms with Crippen molar-refractivity contribution >= 4 is 5.97 Å². The number of methoxy groups -OCH3 is 1. The van der Waals surface area contributed by atoms with Crippen LogP contribution in [0.2, 0.25) is 0 Å². The first-order valence-electron chi connectivity index (χ1n) is 4.90. The second-order valence-corrected chi connectivity index (χ2v) is 3.77. The number of hydrogen-bond donors (Lipinski definition) is 0. The highest BCUT2D eigenvalue weighted by atomic mass is 16.6. The first-order valence-corrected chi connectivity index (χ1v) is 4.90. The summed E-state index contributed by atoms with van der Waals surface area (Å²) in [5.74, 6) is 0.539. The molecule has 0 heterocycles. The predicted molar refractivity (Wildman–Crippen MR) is 49.4 cm³/mol. The van der Waals surface area contributed by atoms with Crippen LogP contribution in [0.3, 0.4) is 0 Å². The van der Waals surface area contributed by atoms with Crippen molar-refractivity contribution < 1.29 is 14.3 Å². The van der Waals surface area contributed by atoms with Crippen LogP contribution in [0.5, 0.6) is 0 Å². The van der Waals surface area contributed by atoms with Gasteiger partial charge >= 0.3 is 5.97 Å². The first-order chi connectivity index (χ1) is 6.22. The third kappa shape index (κ3) is 3.77. The Kier molecular flexibility index (Phi) is 4.22. The average molecular weight is 186 g/mol. The van der Waals surface area contributed by atoms with Crippen LogP contribution in [0.4, 0.5) is 0 Å². The van der Waals surface area contributed by atoms with Crippen LogP contribution in [-0.2, 0) is 14.3 Å². The van der Waals surface area contributed by atoms with Crippen LogP contribution < -0.4 is 0 Å². The van der Waals surface area contributed by atoms with Crippen LogP contribution in [0.1, 0.15) is 32.6 Å². The average Bonchev–Trinajstić information content (AvgIpc) is 2.16. The molecule has 0 amide bonds. The largest absolute Gasteiger partial charge is 0.467 e. The minimum atomic E-state index is -0.279. The standard InChI is InChI=1S/C10H18O3/c1-8-3-5-9(6-4-8)13-7-10(11)12-2/h8-9H,3-7H2,1-2H3/t8-,9-. The molecule has 0 atom stereocenters. The SMILES string of the molecule is COC(=O)CO[C@H]1CC[C@H](C)CC1. The Morgan fingerprint density at radius 2 is 1.92 bits per heavy atom. The van der Waals surface area contributed by atoms with E-state index in [1.165, 1.54) is 20.0 Å². The molecule has 1 fully saturated rings. The topological polar surface area (TPSA) is 35.5 Å². The van der Waals surface area contributed by atoms with Crippen LogP contribution >= 0.6 is 0 Å². The summed E-state index contributed by atoms with van der Waals surface area (Å²) >= 11 is 0. The van der Waals surface area contributed by atoms with Crippen molar-refractivity contribution in [1.29, 1.82) is 0 Å². The summed E-state index contributed by atoms with van der Waals surface area (Å²) < 4.78 is 9.91. The van der Waals surface area contributed by atoms with Crippen LogP contribution in [0, 0.1) is 5.92 Å². The van der Waals surface area contributed by atoms with Gasteiger partial charge in [0.1, 0.15) is 6.61 Å². The smallest absolute Gasteiger partial charge is 0.331 e. The van der Waals surface area contributed by atoms with Crippen molar-refractivity contribution in [3.63, 3.8) is 0 Å². The highest BCUT2D eigenvalue weighted by Gasteiger charge is 2.19. The van der Waals surface area contributed by atoms with Crippen molar-refractivity contribution in [2.45, 2.75) is 38.7 Å². The van der Waals surface area contributed by atoms with E-state index in [9.17, 15) is 4.79 Å². The molecule has 0 N–H and O–H groups in total. The van der Waals surface area contributed by atoms with E-state index in [0.29, 0.717) is 0 Å². The number of rotatable bonds is 3. The zero-order valence-corrected chi connectivity index (χ0v) is 8.41. The Bertz CT molecular complexity index is 160. The minimum absolute atomic E-state index is 0.107. The third-order valence-corrected chi connectivity index (χ3v) is 2.63. The van der Waals surface area contributed by atoms with Gasteiger partial charge in [-0.2, -0.15) is 0 Å². The Labute approximate surface area is 79.4 Å². The zero-order chi connectivity index (χ0) is 9.68. The fourth-order valence-corrected chi connectivity index (χ4v) is 1.64. The van der Waals surface area contributed by atoms with Crippen LogP contribution in [0.15, 0.2) is 0 Å².